The van der Waals surface area contributed by atoms with Crippen LogP contribution in [-0.2, 0) is 4.79 Å². The number of nitrogens with zero attached hydrogens (tertiary/aromatic N) is 8. The second-order valence-corrected chi connectivity index (χ2v) is 18.1. The quantitative estimate of drug-likeness (QED) is 0.0218. The number of hydrogen-bond acceptors (Lipinski definition) is 15. The molecule has 3 fully saturated rings. The molecule has 3 saturated heterocycles. The van der Waals surface area contributed by atoms with Crippen LogP contribution in [0.4, 0.5) is 65.1 Å². The lowest BCUT2D eigenvalue weighted by molar-refractivity contribution is -0.387. The number of fused-ring (bicyclic) bond motifs is 1. The maximum atomic E-state index is 15.1. The molecule has 0 radical (unpaired) electrons. The molecule has 24 heteroatoms. The number of rotatable bonds is 14. The number of aromatic nitrogens is 2. The van der Waals surface area contributed by atoms with Crippen molar-refractivity contribution in [3.63, 3.8) is 0 Å². The number of carbonyl (C=O) groups is 1. The Balaban J connectivity index is 0.000000205. The maximum absolute atomic E-state index is 15.1. The van der Waals surface area contributed by atoms with E-state index in [4.69, 9.17) is 15.3 Å². The number of benzene rings is 5. The number of anilines is 5. The topological polar surface area (TPSA) is 199 Å². The summed E-state index contributed by atoms with van der Waals surface area (Å²) in [5.41, 5.74) is 2.54. The highest BCUT2D eigenvalue weighted by Gasteiger charge is 2.23. The minimum absolute atomic E-state index is 0.0684. The number of β-amino-alcohol motifs (C(OH)–C–C–N with tert-alkyl or cyclic N) is 3. The zero-order chi connectivity index (χ0) is 56.3. The molecule has 1 aromatic heterocycles. The lowest BCUT2D eigenvalue weighted by Gasteiger charge is -2.36. The van der Waals surface area contributed by atoms with Gasteiger partial charge in [0.05, 0.1) is 53.4 Å². The van der Waals surface area contributed by atoms with Crippen LogP contribution in [0, 0.1) is 57.8 Å². The van der Waals surface area contributed by atoms with Gasteiger partial charge < -0.3 is 41.1 Å². The van der Waals surface area contributed by atoms with Gasteiger partial charge in [-0.25, -0.2) is 36.3 Å². The molecule has 0 spiro atoms. The number of hydrogen-bond donors (Lipinski definition) is 6. The van der Waals surface area contributed by atoms with Gasteiger partial charge in [-0.15, -0.1) is 0 Å². The summed E-state index contributed by atoms with van der Waals surface area (Å²) < 4.78 is 94.3. The first kappa shape index (κ1) is 59.9. The minimum Gasteiger partial charge on any atom is -0.395 e. The number of carbonyl (C=O) groups excluding carboxylic acids is 1. The van der Waals surface area contributed by atoms with E-state index in [1.807, 2.05) is 41.3 Å². The van der Waals surface area contributed by atoms with Crippen molar-refractivity contribution in [3.05, 3.63) is 154 Å². The fourth-order valence-electron chi connectivity index (χ4n) is 8.62. The highest BCUT2D eigenvalue weighted by atomic mass is 19.2. The monoisotopic (exact) mass is 1090 g/mol. The van der Waals surface area contributed by atoms with Crippen molar-refractivity contribution in [2.75, 3.05) is 138 Å². The number of aliphatic hydroxyl groups excluding tert-OH is 3. The average Bonchev–Trinajstić information content (AvgIpc) is 3.43. The van der Waals surface area contributed by atoms with Crippen LogP contribution < -0.4 is 25.8 Å². The van der Waals surface area contributed by atoms with Gasteiger partial charge in [-0.2, -0.15) is 4.39 Å². The van der Waals surface area contributed by atoms with Gasteiger partial charge in [-0.05, 0) is 42.3 Å². The molecule has 3 aliphatic rings. The Morgan fingerprint density at radius 3 is 1.81 bits per heavy atom. The third kappa shape index (κ3) is 16.8. The van der Waals surface area contributed by atoms with Crippen molar-refractivity contribution in [2.45, 2.75) is 6.92 Å². The van der Waals surface area contributed by atoms with Crippen molar-refractivity contribution in [2.24, 2.45) is 0 Å². The third-order valence-corrected chi connectivity index (χ3v) is 12.8. The molecule has 6 aromatic rings. The summed E-state index contributed by atoms with van der Waals surface area (Å²) >= 11 is 0. The van der Waals surface area contributed by atoms with Gasteiger partial charge in [-0.1, -0.05) is 36.9 Å². The number of aryl methyl sites for hydroxylation is 1. The molecule has 0 bridgehead atoms. The van der Waals surface area contributed by atoms with E-state index in [9.17, 15) is 36.9 Å². The molecule has 9 rings (SSSR count). The summed E-state index contributed by atoms with van der Waals surface area (Å²) in [5.74, 6) is -6.38. The molecule has 0 unspecified atom stereocenters. The first-order chi connectivity index (χ1) is 37.5. The Kier molecular flexibility index (Phi) is 22.6. The predicted molar refractivity (Wildman–Crippen MR) is 285 cm³/mol. The van der Waals surface area contributed by atoms with Crippen LogP contribution in [-0.4, -0.2) is 169 Å². The normalized spacial score (nSPS) is 15.0. The van der Waals surface area contributed by atoms with Crippen molar-refractivity contribution < 1.29 is 55.8 Å². The number of nitro groups is 1. The molecular weight excluding hydrogens is 1030 g/mol. The van der Waals surface area contributed by atoms with Crippen LogP contribution in [0.2, 0.25) is 0 Å². The molecule has 78 heavy (non-hydrogen) atoms. The Morgan fingerprint density at radius 1 is 0.679 bits per heavy atom. The van der Waals surface area contributed by atoms with Gasteiger partial charge in [0.15, 0.2) is 11.6 Å². The number of aliphatic hydroxyl groups is 3. The fourth-order valence-corrected chi connectivity index (χ4v) is 8.62. The number of amides is 1. The molecule has 0 saturated carbocycles. The fraction of sp³-hybridized carbons (Fsp3) is 0.352. The molecule has 3 aliphatic heterocycles. The first-order valence-electron chi connectivity index (χ1n) is 25.0. The zero-order valence-corrected chi connectivity index (χ0v) is 42.9. The minimum atomic E-state index is -1.45. The van der Waals surface area contributed by atoms with E-state index in [0.717, 1.165) is 68.4 Å². The van der Waals surface area contributed by atoms with Gasteiger partial charge in [0.2, 0.25) is 17.7 Å². The lowest BCUT2D eigenvalue weighted by Crippen LogP contribution is -2.47. The zero-order valence-electron chi connectivity index (χ0n) is 42.9. The maximum Gasteiger partial charge on any atom is 0.307 e. The number of halogens is 7. The van der Waals surface area contributed by atoms with E-state index >= 15 is 8.78 Å². The van der Waals surface area contributed by atoms with Crippen molar-refractivity contribution >= 4 is 51.2 Å². The summed E-state index contributed by atoms with van der Waals surface area (Å²) in [6.07, 6.45) is 2.81. The summed E-state index contributed by atoms with van der Waals surface area (Å²) in [6, 6.07) is 18.1. The van der Waals surface area contributed by atoms with Crippen LogP contribution in [0.25, 0.3) is 22.0 Å². The van der Waals surface area contributed by atoms with E-state index < -0.39 is 39.7 Å². The van der Waals surface area contributed by atoms with Gasteiger partial charge in [-0.3, -0.25) is 29.6 Å². The molecule has 17 nitrogen and oxygen atoms in total. The Labute approximate surface area is 446 Å². The number of para-hydroxylation sites is 1. The summed E-state index contributed by atoms with van der Waals surface area (Å²) in [4.78, 5) is 39.6. The molecule has 4 heterocycles. The first-order valence-corrected chi connectivity index (χ1v) is 25.0. The second kappa shape index (κ2) is 29.4. The Hall–Kier alpha value is -7.32. The Bertz CT molecular complexity index is 2980. The lowest BCUT2D eigenvalue weighted by atomic mass is 10.0. The van der Waals surface area contributed by atoms with Crippen molar-refractivity contribution in [1.82, 2.24) is 30.0 Å². The number of nitrogens with one attached hydrogen (secondary N) is 3. The van der Waals surface area contributed by atoms with Crippen LogP contribution in [0.15, 0.2) is 97.7 Å². The van der Waals surface area contributed by atoms with Gasteiger partial charge in [0, 0.05) is 145 Å². The van der Waals surface area contributed by atoms with E-state index in [-0.39, 0.29) is 60.2 Å². The van der Waals surface area contributed by atoms with E-state index in [0.29, 0.717) is 81.4 Å². The highest BCUT2D eigenvalue weighted by Crippen LogP contribution is 2.32. The molecule has 6 N–H and O–H groups in total. The van der Waals surface area contributed by atoms with Crippen LogP contribution in [0.5, 0.6) is 0 Å². The van der Waals surface area contributed by atoms with Crippen LogP contribution in [0.3, 0.4) is 0 Å². The summed E-state index contributed by atoms with van der Waals surface area (Å²) in [5, 5.41) is 46.1. The molecular formula is C54H62F7N11O6. The number of nitro benzene ring substituents is 1. The van der Waals surface area contributed by atoms with E-state index in [1.165, 1.54) is 24.3 Å². The third-order valence-electron chi connectivity index (χ3n) is 12.8. The van der Waals surface area contributed by atoms with Crippen molar-refractivity contribution in [1.29, 1.82) is 0 Å². The van der Waals surface area contributed by atoms with Crippen LogP contribution >= 0.6 is 0 Å². The average molecular weight is 1090 g/mol. The van der Waals surface area contributed by atoms with Gasteiger partial charge in [0.25, 0.3) is 0 Å². The van der Waals surface area contributed by atoms with E-state index in [1.54, 1.807) is 24.1 Å². The summed E-state index contributed by atoms with van der Waals surface area (Å²) in [6.45, 7) is 17.1. The Morgan fingerprint density at radius 2 is 1.23 bits per heavy atom. The molecule has 0 aliphatic carbocycles. The standard InChI is InChI=1S/C29H28F2N6O2.C13H18F2N2O.C6H2F3NO2.C6H14N2O/c1-2-27(39)33-21-7-3-5-19(15-21)22-8-4-6-20-18-32-29(35-28(20)22)34-25-16-24(31)26(17-23(25)30)37-11-9-36(10-12-37)13-14-38;1-10-8-12(15)13(9-11(10)14)17-4-2-16(3-5-17)6-7-18;7-3-1-5(9)6(10(11)12)2-4(3)8;9-6-5-8-3-1-7-2-4-8/h2-8,15-18,38H,1,9-14H2,(H,33,39)(H,32,34,35);8-9,18H,2-7H2,1H3;1-2H;7,9H,1-6H2. The van der Waals surface area contributed by atoms with E-state index in [2.05, 4.69) is 47.2 Å². The summed E-state index contributed by atoms with van der Waals surface area (Å²) in [7, 11) is 0. The highest BCUT2D eigenvalue weighted by molar-refractivity contribution is 6.00. The smallest absolute Gasteiger partial charge is 0.307 e. The second-order valence-electron chi connectivity index (χ2n) is 18.1. The SMILES string of the molecule is C=CC(=O)Nc1cccc(-c2cccc3cnc(Nc4cc(F)c(N5CCN(CCO)CC5)cc4F)nc23)c1.Cc1cc(F)c(N2CCN(CCO)CC2)cc1F.O=[N+]([O-])c1cc(F)c(F)cc1F.OCCN1CCNCC1. The molecule has 1 amide bonds. The van der Waals surface area contributed by atoms with Crippen LogP contribution in [0.1, 0.15) is 5.56 Å². The van der Waals surface area contributed by atoms with Gasteiger partial charge in [0.1, 0.15) is 23.3 Å². The van der Waals surface area contributed by atoms with Crippen molar-refractivity contribution in [3.8, 4) is 11.1 Å². The predicted octanol–water partition coefficient (Wildman–Crippen LogP) is 6.84. The number of piperazine rings is 3. The largest absolute Gasteiger partial charge is 0.395 e. The molecule has 0 atom stereocenters. The van der Waals surface area contributed by atoms with Gasteiger partial charge >= 0.3 is 5.69 Å². The molecule has 5 aromatic carbocycles. The molecule has 418 valence electrons.